The van der Waals surface area contributed by atoms with Crippen LogP contribution >= 0.6 is 0 Å². The van der Waals surface area contributed by atoms with Gasteiger partial charge < -0.3 is 9.64 Å². The number of carbonyl (C=O) groups is 1. The molecule has 0 spiro atoms. The molecule has 4 heteroatoms. The van der Waals surface area contributed by atoms with Gasteiger partial charge in [-0.05, 0) is 29.8 Å². The normalized spacial score (nSPS) is 10.0. The smallest absolute Gasteiger partial charge is 0.255 e. The molecule has 2 aromatic rings. The van der Waals surface area contributed by atoms with Gasteiger partial charge in [-0.15, -0.1) is 0 Å². The van der Waals surface area contributed by atoms with E-state index in [0.29, 0.717) is 12.1 Å². The molecule has 0 saturated heterocycles. The fraction of sp³-hybridized carbons (Fsp3) is 0.200. The number of rotatable bonds is 4. The number of nitrogens with zero attached hydrogens (tertiary/aromatic N) is 2. The average Bonchev–Trinajstić information content (AvgIpc) is 2.48. The molecule has 1 aromatic heterocycles. The molecule has 2 rings (SSSR count). The first kappa shape index (κ1) is 13.1. The second kappa shape index (κ2) is 6.00. The van der Waals surface area contributed by atoms with Gasteiger partial charge in [-0.25, -0.2) is 0 Å². The summed E-state index contributed by atoms with van der Waals surface area (Å²) in [7, 11) is 3.41. The summed E-state index contributed by atoms with van der Waals surface area (Å²) >= 11 is 0. The molecule has 0 saturated carbocycles. The number of amides is 1. The van der Waals surface area contributed by atoms with Crippen molar-refractivity contribution < 1.29 is 9.53 Å². The van der Waals surface area contributed by atoms with E-state index in [1.54, 1.807) is 43.6 Å². The Bertz CT molecular complexity index is 538. The highest BCUT2D eigenvalue weighted by Crippen LogP contribution is 2.13. The van der Waals surface area contributed by atoms with Crippen molar-refractivity contribution >= 4 is 5.91 Å². The molecule has 0 aliphatic heterocycles. The Hall–Kier alpha value is -2.36. The van der Waals surface area contributed by atoms with Gasteiger partial charge in [0.15, 0.2) is 0 Å². The molecule has 1 amide bonds. The van der Waals surface area contributed by atoms with Crippen molar-refractivity contribution in [1.82, 2.24) is 9.88 Å². The summed E-state index contributed by atoms with van der Waals surface area (Å²) in [6.45, 7) is 0.553. The molecule has 0 aliphatic carbocycles. The van der Waals surface area contributed by atoms with Crippen molar-refractivity contribution in [2.24, 2.45) is 0 Å². The Morgan fingerprint density at radius 1 is 1.26 bits per heavy atom. The predicted molar refractivity (Wildman–Crippen MR) is 73.0 cm³/mol. The number of methoxy groups -OCH3 is 1. The lowest BCUT2D eigenvalue weighted by Crippen LogP contribution is -2.26. The zero-order valence-electron chi connectivity index (χ0n) is 11.0. The average molecular weight is 256 g/mol. The topological polar surface area (TPSA) is 42.4 Å². The summed E-state index contributed by atoms with van der Waals surface area (Å²) in [5, 5.41) is 0. The number of ether oxygens (including phenoxy) is 1. The molecule has 0 bridgehead atoms. The van der Waals surface area contributed by atoms with Crippen LogP contribution in [-0.4, -0.2) is 29.9 Å². The summed E-state index contributed by atoms with van der Waals surface area (Å²) in [5.74, 6) is 0.772. The molecule has 0 unspecified atom stereocenters. The number of pyridine rings is 1. The fourth-order valence-corrected chi connectivity index (χ4v) is 1.79. The Morgan fingerprint density at radius 2 is 2.00 bits per heavy atom. The Morgan fingerprint density at radius 3 is 2.58 bits per heavy atom. The van der Waals surface area contributed by atoms with E-state index in [4.69, 9.17) is 4.74 Å². The number of hydrogen-bond acceptors (Lipinski definition) is 3. The van der Waals surface area contributed by atoms with Gasteiger partial charge in [-0.2, -0.15) is 0 Å². The number of carbonyl (C=O) groups excluding carboxylic acids is 1. The van der Waals surface area contributed by atoms with Crippen LogP contribution in [0.3, 0.4) is 0 Å². The van der Waals surface area contributed by atoms with Crippen molar-refractivity contribution in [3.63, 3.8) is 0 Å². The highest BCUT2D eigenvalue weighted by atomic mass is 16.5. The van der Waals surface area contributed by atoms with Crippen LogP contribution in [0, 0.1) is 0 Å². The molecule has 0 fully saturated rings. The van der Waals surface area contributed by atoms with Gasteiger partial charge in [-0.1, -0.05) is 12.1 Å². The van der Waals surface area contributed by atoms with Crippen LogP contribution in [0.15, 0.2) is 48.8 Å². The van der Waals surface area contributed by atoms with E-state index in [0.717, 1.165) is 11.3 Å². The van der Waals surface area contributed by atoms with E-state index in [-0.39, 0.29) is 5.91 Å². The third kappa shape index (κ3) is 3.31. The maximum atomic E-state index is 12.1. The molecule has 0 atom stereocenters. The Kier molecular flexibility index (Phi) is 4.13. The summed E-state index contributed by atoms with van der Waals surface area (Å²) in [5.41, 5.74) is 1.65. The number of aromatic nitrogens is 1. The minimum atomic E-state index is -0.0380. The monoisotopic (exact) mass is 256 g/mol. The molecule has 0 radical (unpaired) electrons. The predicted octanol–water partition coefficient (Wildman–Crippen LogP) is 2.36. The summed E-state index contributed by atoms with van der Waals surface area (Å²) in [4.78, 5) is 17.8. The lowest BCUT2D eigenvalue weighted by atomic mass is 10.2. The highest BCUT2D eigenvalue weighted by Gasteiger charge is 2.11. The van der Waals surface area contributed by atoms with Crippen molar-refractivity contribution in [2.45, 2.75) is 6.54 Å². The highest BCUT2D eigenvalue weighted by molar-refractivity contribution is 5.93. The fourth-order valence-electron chi connectivity index (χ4n) is 1.79. The van der Waals surface area contributed by atoms with E-state index in [9.17, 15) is 4.79 Å². The van der Waals surface area contributed by atoms with Gasteiger partial charge in [0, 0.05) is 26.0 Å². The molecule has 0 aliphatic rings. The quantitative estimate of drug-likeness (QED) is 0.843. The van der Waals surface area contributed by atoms with Gasteiger partial charge >= 0.3 is 0 Å². The maximum absolute atomic E-state index is 12.1. The van der Waals surface area contributed by atoms with Gasteiger partial charge in [0.25, 0.3) is 5.91 Å². The zero-order valence-corrected chi connectivity index (χ0v) is 11.0. The Labute approximate surface area is 112 Å². The van der Waals surface area contributed by atoms with Gasteiger partial charge in [-0.3, -0.25) is 9.78 Å². The van der Waals surface area contributed by atoms with E-state index in [2.05, 4.69) is 4.98 Å². The molecule has 1 aromatic carbocycles. The molecular weight excluding hydrogens is 240 g/mol. The first-order chi connectivity index (χ1) is 9.20. The van der Waals surface area contributed by atoms with E-state index in [1.165, 1.54) is 0 Å². The third-order valence-corrected chi connectivity index (χ3v) is 2.83. The van der Waals surface area contributed by atoms with Crippen molar-refractivity contribution in [3.05, 3.63) is 59.9 Å². The van der Waals surface area contributed by atoms with Crippen LogP contribution in [0.1, 0.15) is 15.9 Å². The number of hydrogen-bond donors (Lipinski definition) is 0. The Balaban J connectivity index is 2.04. The zero-order chi connectivity index (χ0) is 13.7. The second-order valence-electron chi connectivity index (χ2n) is 4.25. The second-order valence-corrected chi connectivity index (χ2v) is 4.25. The number of benzene rings is 1. The van der Waals surface area contributed by atoms with Gasteiger partial charge in [0.05, 0.1) is 12.7 Å². The van der Waals surface area contributed by atoms with Crippen molar-refractivity contribution in [2.75, 3.05) is 14.2 Å². The first-order valence-corrected chi connectivity index (χ1v) is 5.99. The summed E-state index contributed by atoms with van der Waals surface area (Å²) in [6.07, 6.45) is 3.23. The lowest BCUT2D eigenvalue weighted by molar-refractivity contribution is 0.0784. The van der Waals surface area contributed by atoms with Crippen LogP contribution in [0.5, 0.6) is 5.75 Å². The van der Waals surface area contributed by atoms with E-state index in [1.807, 2.05) is 24.3 Å². The summed E-state index contributed by atoms with van der Waals surface area (Å²) < 4.78 is 5.10. The lowest BCUT2D eigenvalue weighted by Gasteiger charge is -2.17. The first-order valence-electron chi connectivity index (χ1n) is 5.99. The van der Waals surface area contributed by atoms with Crippen LogP contribution in [0.4, 0.5) is 0 Å². The van der Waals surface area contributed by atoms with Crippen LogP contribution < -0.4 is 4.74 Å². The van der Waals surface area contributed by atoms with Gasteiger partial charge in [0.1, 0.15) is 5.75 Å². The van der Waals surface area contributed by atoms with Crippen molar-refractivity contribution in [1.29, 1.82) is 0 Å². The minimum Gasteiger partial charge on any atom is -0.497 e. The standard InChI is InChI=1S/C15H16N2O2/c1-17(15(18)13-4-3-9-16-10-13)11-12-5-7-14(19-2)8-6-12/h3-10H,11H2,1-2H3. The SMILES string of the molecule is COc1ccc(CN(C)C(=O)c2cccnc2)cc1. The van der Waals surface area contributed by atoms with Crippen LogP contribution in [-0.2, 0) is 6.54 Å². The molecule has 0 N–H and O–H groups in total. The van der Waals surface area contributed by atoms with Crippen molar-refractivity contribution in [3.8, 4) is 5.75 Å². The van der Waals surface area contributed by atoms with Crippen LogP contribution in [0.25, 0.3) is 0 Å². The molecule has 19 heavy (non-hydrogen) atoms. The largest absolute Gasteiger partial charge is 0.497 e. The minimum absolute atomic E-state index is 0.0380. The molecule has 4 nitrogen and oxygen atoms in total. The van der Waals surface area contributed by atoms with Crippen LogP contribution in [0.2, 0.25) is 0 Å². The third-order valence-electron chi connectivity index (χ3n) is 2.83. The summed E-state index contributed by atoms with van der Waals surface area (Å²) in [6, 6.07) is 11.2. The van der Waals surface area contributed by atoms with Gasteiger partial charge in [0.2, 0.25) is 0 Å². The molecule has 1 heterocycles. The maximum Gasteiger partial charge on any atom is 0.255 e. The molecular formula is C15H16N2O2. The molecule has 98 valence electrons. The van der Waals surface area contributed by atoms with E-state index >= 15 is 0 Å². The van der Waals surface area contributed by atoms with E-state index < -0.39 is 0 Å².